The molecule has 19 heavy (non-hydrogen) atoms. The van der Waals surface area contributed by atoms with Crippen molar-refractivity contribution in [2.75, 3.05) is 11.9 Å². The number of carbonyl (C=O) groups is 1. The van der Waals surface area contributed by atoms with Crippen LogP contribution in [0.15, 0.2) is 18.2 Å². The molecule has 1 aromatic rings. The molecule has 0 radical (unpaired) electrons. The highest BCUT2D eigenvalue weighted by atomic mass is 35.5. The third-order valence-corrected chi connectivity index (χ3v) is 3.51. The predicted molar refractivity (Wildman–Crippen MR) is 81.8 cm³/mol. The molecule has 0 heterocycles. The summed E-state index contributed by atoms with van der Waals surface area (Å²) in [5.41, 5.74) is 6.17. The van der Waals surface area contributed by atoms with Crippen molar-refractivity contribution in [3.63, 3.8) is 0 Å². The molecule has 1 aromatic carbocycles. The van der Waals surface area contributed by atoms with Gasteiger partial charge >= 0.3 is 0 Å². The monoisotopic (exact) mass is 302 g/mol. The topological polar surface area (TPSA) is 55.1 Å². The molecule has 0 bridgehead atoms. The van der Waals surface area contributed by atoms with Crippen molar-refractivity contribution in [3.8, 4) is 0 Å². The molecule has 0 aromatic heterocycles. The highest BCUT2D eigenvalue weighted by Crippen LogP contribution is 2.23. The van der Waals surface area contributed by atoms with E-state index in [0.29, 0.717) is 34.6 Å². The average molecular weight is 303 g/mol. The van der Waals surface area contributed by atoms with Gasteiger partial charge in [-0.2, -0.15) is 0 Å². The van der Waals surface area contributed by atoms with E-state index >= 15 is 0 Å². The summed E-state index contributed by atoms with van der Waals surface area (Å²) in [7, 11) is 0. The minimum atomic E-state index is -0.0196. The Labute approximate surface area is 124 Å². The second-order valence-corrected chi connectivity index (χ2v) is 5.47. The van der Waals surface area contributed by atoms with Gasteiger partial charge < -0.3 is 11.1 Å². The Bertz CT molecular complexity index is 404. The van der Waals surface area contributed by atoms with Gasteiger partial charge in [-0.05, 0) is 43.5 Å². The van der Waals surface area contributed by atoms with Crippen LogP contribution in [0.1, 0.15) is 32.6 Å². The van der Waals surface area contributed by atoms with Gasteiger partial charge in [0, 0.05) is 22.2 Å². The first kappa shape index (κ1) is 16.3. The molecule has 0 spiro atoms. The van der Waals surface area contributed by atoms with Crippen molar-refractivity contribution in [1.29, 1.82) is 0 Å². The molecule has 0 aliphatic carbocycles. The summed E-state index contributed by atoms with van der Waals surface area (Å²) in [6, 6.07) is 5.00. The molecule has 0 saturated carbocycles. The normalized spacial score (nSPS) is 12.2. The summed E-state index contributed by atoms with van der Waals surface area (Å²) >= 11 is 11.8. The smallest absolute Gasteiger partial charge is 0.224 e. The summed E-state index contributed by atoms with van der Waals surface area (Å²) < 4.78 is 0. The van der Waals surface area contributed by atoms with Gasteiger partial charge in [0.15, 0.2) is 0 Å². The highest BCUT2D eigenvalue weighted by Gasteiger charge is 2.09. The van der Waals surface area contributed by atoms with E-state index in [1.807, 2.05) is 0 Å². The molecule has 0 fully saturated rings. The molecule has 1 rings (SSSR count). The number of nitrogens with one attached hydrogen (secondary N) is 1. The van der Waals surface area contributed by atoms with Crippen LogP contribution in [0.25, 0.3) is 0 Å². The second-order valence-electron chi connectivity index (χ2n) is 4.60. The molecule has 3 nitrogen and oxygen atoms in total. The highest BCUT2D eigenvalue weighted by molar-refractivity contribution is 6.35. The van der Waals surface area contributed by atoms with E-state index in [9.17, 15) is 4.79 Å². The van der Waals surface area contributed by atoms with Crippen LogP contribution in [0.5, 0.6) is 0 Å². The van der Waals surface area contributed by atoms with E-state index in [2.05, 4.69) is 12.2 Å². The number of nitrogens with two attached hydrogens (primary N) is 1. The lowest BCUT2D eigenvalue weighted by molar-refractivity contribution is -0.116. The van der Waals surface area contributed by atoms with Crippen LogP contribution < -0.4 is 11.1 Å². The number of halogens is 2. The molecule has 1 atom stereocenters. The van der Waals surface area contributed by atoms with Gasteiger partial charge in [0.25, 0.3) is 0 Å². The van der Waals surface area contributed by atoms with Crippen LogP contribution in [0.2, 0.25) is 10.0 Å². The Morgan fingerprint density at radius 2 is 1.89 bits per heavy atom. The van der Waals surface area contributed by atoms with Gasteiger partial charge in [-0.1, -0.05) is 36.5 Å². The van der Waals surface area contributed by atoms with Crippen molar-refractivity contribution in [2.24, 2.45) is 11.7 Å². The van der Waals surface area contributed by atoms with E-state index in [4.69, 9.17) is 28.9 Å². The van der Waals surface area contributed by atoms with Crippen LogP contribution >= 0.6 is 23.2 Å². The molecule has 1 amide bonds. The Morgan fingerprint density at radius 1 is 1.26 bits per heavy atom. The van der Waals surface area contributed by atoms with Gasteiger partial charge in [-0.15, -0.1) is 0 Å². The van der Waals surface area contributed by atoms with Crippen molar-refractivity contribution in [2.45, 2.75) is 32.6 Å². The van der Waals surface area contributed by atoms with E-state index in [-0.39, 0.29) is 5.91 Å². The van der Waals surface area contributed by atoms with Crippen LogP contribution in [-0.4, -0.2) is 12.5 Å². The Kier molecular flexibility index (Phi) is 7.21. The Hall–Kier alpha value is -0.770. The number of amides is 1. The average Bonchev–Trinajstić information content (AvgIpc) is 2.33. The zero-order valence-corrected chi connectivity index (χ0v) is 12.6. The lowest BCUT2D eigenvalue weighted by Gasteiger charge is -2.13. The first-order valence-electron chi connectivity index (χ1n) is 6.51. The lowest BCUT2D eigenvalue weighted by atomic mass is 9.96. The van der Waals surface area contributed by atoms with E-state index in [0.717, 1.165) is 19.3 Å². The second kappa shape index (κ2) is 8.41. The van der Waals surface area contributed by atoms with Gasteiger partial charge in [-0.25, -0.2) is 0 Å². The van der Waals surface area contributed by atoms with Crippen LogP contribution in [-0.2, 0) is 4.79 Å². The standard InChI is InChI=1S/C14H20Cl2N2O/c1-2-10(5-6-17)3-4-14(19)18-13-8-11(15)7-12(16)9-13/h7-10H,2-6,17H2,1H3,(H,18,19). The summed E-state index contributed by atoms with van der Waals surface area (Å²) in [5.74, 6) is 0.493. The number of hydrogen-bond acceptors (Lipinski definition) is 2. The SMILES string of the molecule is CCC(CCN)CCC(=O)Nc1cc(Cl)cc(Cl)c1. The van der Waals surface area contributed by atoms with Gasteiger partial charge in [0.1, 0.15) is 0 Å². The molecule has 5 heteroatoms. The summed E-state index contributed by atoms with van der Waals surface area (Å²) in [6.07, 6.45) is 3.36. The van der Waals surface area contributed by atoms with E-state index in [1.165, 1.54) is 0 Å². The number of rotatable bonds is 7. The number of benzene rings is 1. The van der Waals surface area contributed by atoms with Crippen molar-refractivity contribution in [1.82, 2.24) is 0 Å². The fourth-order valence-electron chi connectivity index (χ4n) is 1.97. The first-order valence-corrected chi connectivity index (χ1v) is 7.26. The molecule has 0 saturated heterocycles. The first-order chi connectivity index (χ1) is 9.05. The predicted octanol–water partition coefficient (Wildman–Crippen LogP) is 4.09. The van der Waals surface area contributed by atoms with Gasteiger partial charge in [-0.3, -0.25) is 4.79 Å². The third-order valence-electron chi connectivity index (χ3n) is 3.08. The Balaban J connectivity index is 2.46. The number of anilines is 1. The summed E-state index contributed by atoms with van der Waals surface area (Å²) in [4.78, 5) is 11.8. The lowest BCUT2D eigenvalue weighted by Crippen LogP contribution is -2.15. The fourth-order valence-corrected chi connectivity index (χ4v) is 2.50. The fraction of sp³-hybridized carbons (Fsp3) is 0.500. The molecule has 3 N–H and O–H groups in total. The van der Waals surface area contributed by atoms with E-state index < -0.39 is 0 Å². The maximum atomic E-state index is 11.8. The molecule has 106 valence electrons. The third kappa shape index (κ3) is 6.28. The Morgan fingerprint density at radius 3 is 2.42 bits per heavy atom. The zero-order valence-electron chi connectivity index (χ0n) is 11.1. The minimum Gasteiger partial charge on any atom is -0.330 e. The van der Waals surface area contributed by atoms with Gasteiger partial charge in [0.2, 0.25) is 5.91 Å². The maximum absolute atomic E-state index is 11.8. The zero-order chi connectivity index (χ0) is 14.3. The molecular formula is C14H20Cl2N2O. The molecule has 0 aliphatic heterocycles. The van der Waals surface area contributed by atoms with Crippen LogP contribution in [0.4, 0.5) is 5.69 Å². The maximum Gasteiger partial charge on any atom is 0.224 e. The van der Waals surface area contributed by atoms with Crippen molar-refractivity contribution < 1.29 is 4.79 Å². The molecule has 1 unspecified atom stereocenters. The van der Waals surface area contributed by atoms with Crippen molar-refractivity contribution in [3.05, 3.63) is 28.2 Å². The number of hydrogen-bond donors (Lipinski definition) is 2. The summed E-state index contributed by atoms with van der Waals surface area (Å²) in [5, 5.41) is 3.83. The number of carbonyl (C=O) groups excluding carboxylic acids is 1. The van der Waals surface area contributed by atoms with Crippen molar-refractivity contribution >= 4 is 34.8 Å². The molecular weight excluding hydrogens is 283 g/mol. The largest absolute Gasteiger partial charge is 0.330 e. The summed E-state index contributed by atoms with van der Waals surface area (Å²) in [6.45, 7) is 2.79. The van der Waals surface area contributed by atoms with Crippen LogP contribution in [0, 0.1) is 5.92 Å². The minimum absolute atomic E-state index is 0.0196. The quantitative estimate of drug-likeness (QED) is 0.797. The van der Waals surface area contributed by atoms with Crippen LogP contribution in [0.3, 0.4) is 0 Å². The van der Waals surface area contributed by atoms with Gasteiger partial charge in [0.05, 0.1) is 0 Å². The molecule has 0 aliphatic rings. The van der Waals surface area contributed by atoms with E-state index in [1.54, 1.807) is 18.2 Å².